The lowest BCUT2D eigenvalue weighted by Crippen LogP contribution is -2.10. The van der Waals surface area contributed by atoms with E-state index in [0.29, 0.717) is 0 Å². The minimum Gasteiger partial charge on any atom is -0.387 e. The second kappa shape index (κ2) is 6.01. The Balaban J connectivity index is 2.00. The maximum Gasteiger partial charge on any atom is 0.0934 e. The molecule has 2 nitrogen and oxygen atoms in total. The molecule has 0 bridgehead atoms. The molecule has 1 rings (SSSR count). The highest BCUT2D eigenvalue weighted by Gasteiger charge is 2.13. The minimum absolute atomic E-state index is 0.812. The summed E-state index contributed by atoms with van der Waals surface area (Å²) in [6, 6.07) is 0. The zero-order valence-corrected chi connectivity index (χ0v) is 8.76. The highest BCUT2D eigenvalue weighted by atomic mass is 14.8. The molecule has 1 saturated carbocycles. The van der Waals surface area contributed by atoms with Crippen LogP contribution in [-0.2, 0) is 0 Å². The van der Waals surface area contributed by atoms with E-state index in [0.717, 1.165) is 24.7 Å². The second-order valence-corrected chi connectivity index (χ2v) is 4.02. The summed E-state index contributed by atoms with van der Waals surface area (Å²) in [5, 5.41) is 0. The molecule has 1 aliphatic rings. The number of rotatable bonds is 5. The van der Waals surface area contributed by atoms with Gasteiger partial charge in [0.1, 0.15) is 0 Å². The molecule has 0 saturated heterocycles. The average Bonchev–Trinajstić information content (AvgIpc) is 2.64. The molecule has 0 atom stereocenters. The lowest BCUT2D eigenvalue weighted by molar-refractivity contribution is 0.488. The maximum absolute atomic E-state index is 5.62. The van der Waals surface area contributed by atoms with Crippen LogP contribution in [0.4, 0.5) is 0 Å². The third-order valence-corrected chi connectivity index (χ3v) is 2.92. The van der Waals surface area contributed by atoms with Crippen LogP contribution in [0.2, 0.25) is 0 Å². The molecule has 2 N–H and O–H groups in total. The fourth-order valence-electron chi connectivity index (χ4n) is 2.01. The lowest BCUT2D eigenvalue weighted by atomic mass is 10.0. The van der Waals surface area contributed by atoms with Gasteiger partial charge in [-0.25, -0.2) is 0 Å². The Morgan fingerprint density at radius 1 is 1.38 bits per heavy atom. The number of hydrogen-bond donors (Lipinski definition) is 1. The molecule has 0 amide bonds. The first kappa shape index (κ1) is 10.6. The molecule has 1 aliphatic carbocycles. The monoisotopic (exact) mass is 182 g/mol. The molecule has 1 fully saturated rings. The van der Waals surface area contributed by atoms with Gasteiger partial charge in [0.05, 0.1) is 5.84 Å². The molecule has 13 heavy (non-hydrogen) atoms. The molecule has 0 radical (unpaired) electrons. The third kappa shape index (κ3) is 4.30. The SMILES string of the molecule is CCC(N)=NCCCC1CCCC1. The van der Waals surface area contributed by atoms with E-state index in [9.17, 15) is 0 Å². The topological polar surface area (TPSA) is 38.4 Å². The van der Waals surface area contributed by atoms with Crippen molar-refractivity contribution in [2.24, 2.45) is 16.6 Å². The first-order valence-corrected chi connectivity index (χ1v) is 5.61. The van der Waals surface area contributed by atoms with E-state index in [2.05, 4.69) is 11.9 Å². The maximum atomic E-state index is 5.62. The molecule has 0 aromatic rings. The fraction of sp³-hybridized carbons (Fsp3) is 0.909. The van der Waals surface area contributed by atoms with Crippen LogP contribution < -0.4 is 5.73 Å². The number of amidine groups is 1. The van der Waals surface area contributed by atoms with Gasteiger partial charge in [-0.1, -0.05) is 32.6 Å². The van der Waals surface area contributed by atoms with Gasteiger partial charge in [-0.3, -0.25) is 4.99 Å². The van der Waals surface area contributed by atoms with E-state index >= 15 is 0 Å². The zero-order valence-electron chi connectivity index (χ0n) is 8.76. The van der Waals surface area contributed by atoms with E-state index in [-0.39, 0.29) is 0 Å². The lowest BCUT2D eigenvalue weighted by Gasteiger charge is -2.06. The van der Waals surface area contributed by atoms with Crippen molar-refractivity contribution >= 4 is 5.84 Å². The predicted molar refractivity (Wildman–Crippen MR) is 58.0 cm³/mol. The van der Waals surface area contributed by atoms with E-state index in [4.69, 9.17) is 5.73 Å². The summed E-state index contributed by atoms with van der Waals surface area (Å²) in [6.07, 6.45) is 9.28. The van der Waals surface area contributed by atoms with Crippen LogP contribution in [0.1, 0.15) is 51.9 Å². The van der Waals surface area contributed by atoms with Crippen LogP contribution in [0.3, 0.4) is 0 Å². The van der Waals surface area contributed by atoms with Crippen LogP contribution >= 0.6 is 0 Å². The molecule has 0 unspecified atom stereocenters. The first-order chi connectivity index (χ1) is 6.33. The number of nitrogens with two attached hydrogens (primary N) is 1. The second-order valence-electron chi connectivity index (χ2n) is 4.02. The van der Waals surface area contributed by atoms with Crippen LogP contribution in [0.5, 0.6) is 0 Å². The standard InChI is InChI=1S/C11H22N2/c1-2-11(12)13-9-5-8-10-6-3-4-7-10/h10H,2-9H2,1H3,(H2,12,13). The molecular weight excluding hydrogens is 160 g/mol. The molecule has 0 aromatic heterocycles. The molecule has 2 heteroatoms. The average molecular weight is 182 g/mol. The summed E-state index contributed by atoms with van der Waals surface area (Å²) >= 11 is 0. The van der Waals surface area contributed by atoms with Crippen LogP contribution in [0.15, 0.2) is 4.99 Å². The number of aliphatic imine (C=N–C) groups is 1. The Morgan fingerprint density at radius 3 is 2.69 bits per heavy atom. The van der Waals surface area contributed by atoms with Crippen molar-refractivity contribution in [1.29, 1.82) is 0 Å². The van der Waals surface area contributed by atoms with Crippen molar-refractivity contribution in [3.63, 3.8) is 0 Å². The van der Waals surface area contributed by atoms with Gasteiger partial charge in [0.15, 0.2) is 0 Å². The molecule has 0 aromatic carbocycles. The van der Waals surface area contributed by atoms with E-state index < -0.39 is 0 Å². The van der Waals surface area contributed by atoms with Crippen LogP contribution in [0, 0.1) is 5.92 Å². The largest absolute Gasteiger partial charge is 0.387 e. The van der Waals surface area contributed by atoms with E-state index in [1.807, 2.05) is 0 Å². The molecular formula is C11H22N2. The minimum atomic E-state index is 0.812. The normalized spacial score (nSPS) is 19.6. The molecule has 0 heterocycles. The quantitative estimate of drug-likeness (QED) is 0.396. The summed E-state index contributed by atoms with van der Waals surface area (Å²) in [5.41, 5.74) is 5.62. The number of nitrogens with zero attached hydrogens (tertiary/aromatic N) is 1. The van der Waals surface area contributed by atoms with Crippen molar-refractivity contribution in [2.45, 2.75) is 51.9 Å². The van der Waals surface area contributed by atoms with Crippen molar-refractivity contribution in [3.8, 4) is 0 Å². The summed E-state index contributed by atoms with van der Waals surface area (Å²) in [5.74, 6) is 1.81. The van der Waals surface area contributed by atoms with Gasteiger partial charge in [-0.05, 0) is 18.8 Å². The Hall–Kier alpha value is -0.530. The van der Waals surface area contributed by atoms with E-state index in [1.54, 1.807) is 0 Å². The van der Waals surface area contributed by atoms with Gasteiger partial charge >= 0.3 is 0 Å². The Morgan fingerprint density at radius 2 is 2.08 bits per heavy atom. The van der Waals surface area contributed by atoms with Crippen molar-refractivity contribution < 1.29 is 0 Å². The van der Waals surface area contributed by atoms with Crippen molar-refractivity contribution in [3.05, 3.63) is 0 Å². The molecule has 76 valence electrons. The van der Waals surface area contributed by atoms with Gasteiger partial charge in [0.25, 0.3) is 0 Å². The summed E-state index contributed by atoms with van der Waals surface area (Å²) in [4.78, 5) is 4.30. The third-order valence-electron chi connectivity index (χ3n) is 2.92. The summed E-state index contributed by atoms with van der Waals surface area (Å²) in [6.45, 7) is 2.99. The first-order valence-electron chi connectivity index (χ1n) is 5.61. The fourth-order valence-corrected chi connectivity index (χ4v) is 2.01. The summed E-state index contributed by atoms with van der Waals surface area (Å²) in [7, 11) is 0. The smallest absolute Gasteiger partial charge is 0.0934 e. The van der Waals surface area contributed by atoms with Gasteiger partial charge in [-0.15, -0.1) is 0 Å². The van der Waals surface area contributed by atoms with Crippen molar-refractivity contribution in [2.75, 3.05) is 6.54 Å². The van der Waals surface area contributed by atoms with Gasteiger partial charge < -0.3 is 5.73 Å². The van der Waals surface area contributed by atoms with Gasteiger partial charge in [0, 0.05) is 13.0 Å². The van der Waals surface area contributed by atoms with Crippen LogP contribution in [0.25, 0.3) is 0 Å². The molecule has 0 aliphatic heterocycles. The Bertz CT molecular complexity index is 157. The van der Waals surface area contributed by atoms with Gasteiger partial charge in [0.2, 0.25) is 0 Å². The highest BCUT2D eigenvalue weighted by molar-refractivity contribution is 5.79. The molecule has 0 spiro atoms. The van der Waals surface area contributed by atoms with Crippen LogP contribution in [-0.4, -0.2) is 12.4 Å². The highest BCUT2D eigenvalue weighted by Crippen LogP contribution is 2.28. The predicted octanol–water partition coefficient (Wildman–Crippen LogP) is 2.72. The van der Waals surface area contributed by atoms with Gasteiger partial charge in [-0.2, -0.15) is 0 Å². The number of hydrogen-bond acceptors (Lipinski definition) is 1. The summed E-state index contributed by atoms with van der Waals surface area (Å²) < 4.78 is 0. The Labute approximate surface area is 81.6 Å². The Kier molecular flexibility index (Phi) is 4.87. The van der Waals surface area contributed by atoms with Crippen molar-refractivity contribution in [1.82, 2.24) is 0 Å². The zero-order chi connectivity index (χ0) is 9.52. The van der Waals surface area contributed by atoms with E-state index in [1.165, 1.54) is 38.5 Å².